The van der Waals surface area contributed by atoms with Crippen molar-refractivity contribution in [2.24, 2.45) is 0 Å². The van der Waals surface area contributed by atoms with E-state index in [-0.39, 0.29) is 5.91 Å². The first-order valence-electron chi connectivity index (χ1n) is 5.66. The lowest BCUT2D eigenvalue weighted by molar-refractivity contribution is 0.0747. The van der Waals surface area contributed by atoms with Crippen molar-refractivity contribution in [3.05, 3.63) is 33.8 Å². The smallest absolute Gasteiger partial charge is 0.254 e. The molecule has 1 aliphatic heterocycles. The van der Waals surface area contributed by atoms with Gasteiger partial charge in [0.2, 0.25) is 0 Å². The van der Waals surface area contributed by atoms with Crippen LogP contribution in [0.25, 0.3) is 0 Å². The van der Waals surface area contributed by atoms with E-state index in [0.29, 0.717) is 6.04 Å². The predicted molar refractivity (Wildman–Crippen MR) is 68.6 cm³/mol. The van der Waals surface area contributed by atoms with E-state index in [9.17, 15) is 4.79 Å². The van der Waals surface area contributed by atoms with Gasteiger partial charge in [0.15, 0.2) is 0 Å². The van der Waals surface area contributed by atoms with Crippen molar-refractivity contribution in [2.75, 3.05) is 6.54 Å². The molecule has 1 aromatic rings. The molecule has 2 rings (SSSR count). The summed E-state index contributed by atoms with van der Waals surface area (Å²) in [5.74, 6) is 0.167. The predicted octanol–water partition coefficient (Wildman–Crippen LogP) is 3.38. The minimum atomic E-state index is 0.167. The molecule has 0 bridgehead atoms. The van der Waals surface area contributed by atoms with Gasteiger partial charge in [0.1, 0.15) is 0 Å². The summed E-state index contributed by atoms with van der Waals surface area (Å²) in [7, 11) is 0. The van der Waals surface area contributed by atoms with Gasteiger partial charge in [0, 0.05) is 22.6 Å². The maximum Gasteiger partial charge on any atom is 0.254 e. The van der Waals surface area contributed by atoms with Gasteiger partial charge >= 0.3 is 0 Å². The van der Waals surface area contributed by atoms with Crippen molar-refractivity contribution in [1.29, 1.82) is 0 Å². The molecule has 86 valence electrons. The molecule has 1 aromatic carbocycles. The quantitative estimate of drug-likeness (QED) is 0.773. The molecule has 1 saturated heterocycles. The van der Waals surface area contributed by atoms with E-state index in [4.69, 9.17) is 0 Å². The fourth-order valence-corrected chi connectivity index (χ4v) is 2.43. The van der Waals surface area contributed by atoms with Gasteiger partial charge < -0.3 is 4.90 Å². The van der Waals surface area contributed by atoms with E-state index >= 15 is 0 Å². The van der Waals surface area contributed by atoms with Crippen molar-refractivity contribution in [3.8, 4) is 0 Å². The summed E-state index contributed by atoms with van der Waals surface area (Å²) in [4.78, 5) is 14.2. The maximum atomic E-state index is 12.2. The molecule has 1 amide bonds. The molecule has 1 aliphatic rings. The number of aryl methyl sites for hydroxylation is 1. The van der Waals surface area contributed by atoms with Crippen molar-refractivity contribution in [1.82, 2.24) is 4.90 Å². The Hall–Kier alpha value is -0.830. The molecular weight excluding hydrogens is 266 g/mol. The van der Waals surface area contributed by atoms with Gasteiger partial charge in [-0.25, -0.2) is 0 Å². The minimum absolute atomic E-state index is 0.167. The van der Waals surface area contributed by atoms with Crippen molar-refractivity contribution >= 4 is 21.8 Å². The van der Waals surface area contributed by atoms with E-state index in [0.717, 1.165) is 35.0 Å². The van der Waals surface area contributed by atoms with Crippen molar-refractivity contribution in [2.45, 2.75) is 32.7 Å². The maximum absolute atomic E-state index is 12.2. The highest BCUT2D eigenvalue weighted by atomic mass is 79.9. The number of nitrogens with zero attached hydrogens (tertiary/aromatic N) is 1. The molecule has 0 N–H and O–H groups in total. The summed E-state index contributed by atoms with van der Waals surface area (Å²) >= 11 is 3.45. The summed E-state index contributed by atoms with van der Waals surface area (Å²) in [5, 5.41) is 0. The van der Waals surface area contributed by atoms with Crippen molar-refractivity contribution in [3.63, 3.8) is 0 Å². The molecule has 16 heavy (non-hydrogen) atoms. The highest BCUT2D eigenvalue weighted by Crippen LogP contribution is 2.22. The van der Waals surface area contributed by atoms with Crippen LogP contribution in [0.3, 0.4) is 0 Å². The fraction of sp³-hybridized carbons (Fsp3) is 0.462. The van der Waals surface area contributed by atoms with Crippen LogP contribution < -0.4 is 0 Å². The van der Waals surface area contributed by atoms with Crippen LogP contribution >= 0.6 is 15.9 Å². The molecule has 0 radical (unpaired) electrons. The summed E-state index contributed by atoms with van der Waals surface area (Å²) < 4.78 is 1.05. The standard InChI is InChI=1S/C13H16BrNO/c1-9-8-11(5-6-12(9)14)13(16)15-7-3-4-10(15)2/h5-6,8,10H,3-4,7H2,1-2H3. The van der Waals surface area contributed by atoms with Gasteiger partial charge in [-0.15, -0.1) is 0 Å². The first kappa shape index (κ1) is 11.6. The van der Waals surface area contributed by atoms with Gasteiger partial charge in [-0.1, -0.05) is 15.9 Å². The third kappa shape index (κ3) is 2.14. The Balaban J connectivity index is 2.23. The second-order valence-corrected chi connectivity index (χ2v) is 5.31. The minimum Gasteiger partial charge on any atom is -0.336 e. The number of amides is 1. The monoisotopic (exact) mass is 281 g/mol. The highest BCUT2D eigenvalue weighted by Gasteiger charge is 2.25. The van der Waals surface area contributed by atoms with E-state index in [1.165, 1.54) is 0 Å². The zero-order chi connectivity index (χ0) is 11.7. The Kier molecular flexibility index (Phi) is 3.33. The Bertz CT molecular complexity index is 416. The Morgan fingerprint density at radius 2 is 2.25 bits per heavy atom. The summed E-state index contributed by atoms with van der Waals surface area (Å²) in [6, 6.07) is 6.18. The molecule has 1 heterocycles. The van der Waals surface area contributed by atoms with Crippen LogP contribution in [0, 0.1) is 6.92 Å². The number of halogens is 1. The molecule has 0 saturated carbocycles. The Morgan fingerprint density at radius 3 is 2.81 bits per heavy atom. The first-order chi connectivity index (χ1) is 7.59. The lowest BCUT2D eigenvalue weighted by Crippen LogP contribution is -2.33. The van der Waals surface area contributed by atoms with Crippen LogP contribution in [0.4, 0.5) is 0 Å². The van der Waals surface area contributed by atoms with Gasteiger partial charge in [-0.3, -0.25) is 4.79 Å². The van der Waals surface area contributed by atoms with E-state index in [2.05, 4.69) is 22.9 Å². The molecule has 0 spiro atoms. The summed E-state index contributed by atoms with van der Waals surface area (Å²) in [6.07, 6.45) is 2.25. The average Bonchev–Trinajstić information content (AvgIpc) is 2.67. The van der Waals surface area contributed by atoms with E-state index < -0.39 is 0 Å². The molecule has 1 fully saturated rings. The van der Waals surface area contributed by atoms with Crippen LogP contribution in [0.2, 0.25) is 0 Å². The van der Waals surface area contributed by atoms with Crippen LogP contribution in [0.15, 0.2) is 22.7 Å². The molecule has 1 atom stereocenters. The summed E-state index contributed by atoms with van der Waals surface area (Å²) in [6.45, 7) is 5.03. The molecule has 0 aliphatic carbocycles. The second kappa shape index (κ2) is 4.58. The number of likely N-dealkylation sites (tertiary alicyclic amines) is 1. The molecular formula is C13H16BrNO. The largest absolute Gasteiger partial charge is 0.336 e. The first-order valence-corrected chi connectivity index (χ1v) is 6.46. The number of carbonyl (C=O) groups is 1. The van der Waals surface area contributed by atoms with Gasteiger partial charge in [-0.2, -0.15) is 0 Å². The van der Waals surface area contributed by atoms with Gasteiger partial charge in [-0.05, 0) is 50.5 Å². The normalized spacial score (nSPS) is 20.2. The lowest BCUT2D eigenvalue weighted by Gasteiger charge is -2.21. The topological polar surface area (TPSA) is 20.3 Å². The molecule has 2 nitrogen and oxygen atoms in total. The fourth-order valence-electron chi connectivity index (χ4n) is 2.18. The number of carbonyl (C=O) groups excluding carboxylic acids is 1. The number of hydrogen-bond acceptors (Lipinski definition) is 1. The third-order valence-electron chi connectivity index (χ3n) is 3.22. The highest BCUT2D eigenvalue weighted by molar-refractivity contribution is 9.10. The Labute approximate surface area is 105 Å². The SMILES string of the molecule is Cc1cc(C(=O)N2CCCC2C)ccc1Br. The van der Waals surface area contributed by atoms with Gasteiger partial charge in [0.05, 0.1) is 0 Å². The number of hydrogen-bond donors (Lipinski definition) is 0. The lowest BCUT2D eigenvalue weighted by atomic mass is 10.1. The van der Waals surface area contributed by atoms with Crippen LogP contribution in [-0.2, 0) is 0 Å². The second-order valence-electron chi connectivity index (χ2n) is 4.45. The summed E-state index contributed by atoms with van der Waals surface area (Å²) in [5.41, 5.74) is 1.91. The van der Waals surface area contributed by atoms with Crippen LogP contribution in [-0.4, -0.2) is 23.4 Å². The van der Waals surface area contributed by atoms with Crippen LogP contribution in [0.1, 0.15) is 35.7 Å². The van der Waals surface area contributed by atoms with Gasteiger partial charge in [0.25, 0.3) is 5.91 Å². The average molecular weight is 282 g/mol. The molecule has 0 aromatic heterocycles. The molecule has 1 unspecified atom stereocenters. The van der Waals surface area contributed by atoms with Crippen molar-refractivity contribution < 1.29 is 4.79 Å². The Morgan fingerprint density at radius 1 is 1.50 bits per heavy atom. The zero-order valence-electron chi connectivity index (χ0n) is 9.66. The third-order valence-corrected chi connectivity index (χ3v) is 4.11. The number of rotatable bonds is 1. The van der Waals surface area contributed by atoms with Crippen LogP contribution in [0.5, 0.6) is 0 Å². The zero-order valence-corrected chi connectivity index (χ0v) is 11.3. The number of benzene rings is 1. The van der Waals surface area contributed by atoms with E-state index in [1.807, 2.05) is 30.0 Å². The molecule has 3 heteroatoms. The van der Waals surface area contributed by atoms with E-state index in [1.54, 1.807) is 0 Å².